The average molecular weight is 364 g/mol. The minimum absolute atomic E-state index is 0.101. The molecule has 0 aliphatic carbocycles. The predicted octanol–water partition coefficient (Wildman–Crippen LogP) is 2.93. The van der Waals surface area contributed by atoms with Crippen molar-refractivity contribution in [2.45, 2.75) is 12.8 Å². The number of hydrogen-bond acceptors (Lipinski definition) is 6. The molecule has 0 bridgehead atoms. The van der Waals surface area contributed by atoms with Gasteiger partial charge in [0.05, 0.1) is 11.1 Å². The highest BCUT2D eigenvalue weighted by atomic mass is 16.6. The van der Waals surface area contributed by atoms with E-state index in [4.69, 9.17) is 0 Å². The van der Waals surface area contributed by atoms with Gasteiger partial charge in [-0.25, -0.2) is 5.43 Å². The van der Waals surface area contributed by atoms with Crippen LogP contribution in [0.5, 0.6) is 5.75 Å². The molecule has 0 atom stereocenters. The van der Waals surface area contributed by atoms with E-state index in [-0.39, 0.29) is 17.8 Å². The highest BCUT2D eigenvalue weighted by Gasteiger charge is 2.19. The molecule has 3 rings (SSSR count). The van der Waals surface area contributed by atoms with Gasteiger partial charge in [-0.05, 0) is 18.1 Å². The number of hydrogen-bond donors (Lipinski definition) is 2. The molecule has 0 spiro atoms. The Morgan fingerprint density at radius 2 is 2.04 bits per heavy atom. The number of aryl methyl sites for hydroxylation is 1. The van der Waals surface area contributed by atoms with E-state index in [2.05, 4.69) is 15.5 Å². The monoisotopic (exact) mass is 364 g/mol. The van der Waals surface area contributed by atoms with Crippen molar-refractivity contribution >= 4 is 28.7 Å². The minimum Gasteiger partial charge on any atom is -0.501 e. The van der Waals surface area contributed by atoms with Crippen LogP contribution in [0.3, 0.4) is 0 Å². The van der Waals surface area contributed by atoms with Crippen LogP contribution < -0.4 is 5.43 Å². The second kappa shape index (κ2) is 8.05. The van der Waals surface area contributed by atoms with E-state index in [1.54, 1.807) is 12.1 Å². The Balaban J connectivity index is 1.75. The third-order valence-electron chi connectivity index (χ3n) is 3.95. The fourth-order valence-electron chi connectivity index (χ4n) is 2.62. The molecule has 8 heteroatoms. The normalized spacial score (nSPS) is 11.0. The first-order chi connectivity index (χ1) is 13.1. The largest absolute Gasteiger partial charge is 0.501 e. The number of carbonyl (C=O) groups is 1. The Bertz CT molecular complexity index is 1020. The summed E-state index contributed by atoms with van der Waals surface area (Å²) in [6.45, 7) is 0. The number of phenolic OH excluding ortho intramolecular Hbond substituents is 1. The van der Waals surface area contributed by atoms with Gasteiger partial charge in [0, 0.05) is 29.6 Å². The van der Waals surface area contributed by atoms with Crippen LogP contribution in [0.1, 0.15) is 17.5 Å². The number of aromatic hydroxyl groups is 1. The maximum atomic E-state index is 11.9. The van der Waals surface area contributed by atoms with Crippen LogP contribution in [0.4, 0.5) is 5.69 Å². The van der Waals surface area contributed by atoms with Gasteiger partial charge in [-0.2, -0.15) is 5.10 Å². The van der Waals surface area contributed by atoms with Gasteiger partial charge in [-0.1, -0.05) is 36.4 Å². The highest BCUT2D eigenvalue weighted by molar-refractivity contribution is 6.02. The number of nitro groups is 1. The summed E-state index contributed by atoms with van der Waals surface area (Å²) >= 11 is 0. The maximum Gasteiger partial charge on any atom is 0.313 e. The molecule has 136 valence electrons. The zero-order valence-corrected chi connectivity index (χ0v) is 14.2. The third-order valence-corrected chi connectivity index (χ3v) is 3.95. The van der Waals surface area contributed by atoms with Gasteiger partial charge in [0.25, 0.3) is 0 Å². The molecule has 0 saturated carbocycles. The molecule has 8 nitrogen and oxygen atoms in total. The lowest BCUT2D eigenvalue weighted by Crippen LogP contribution is -2.17. The maximum absolute atomic E-state index is 11.9. The Morgan fingerprint density at radius 3 is 2.78 bits per heavy atom. The average Bonchev–Trinajstić information content (AvgIpc) is 2.69. The number of nitrogens with one attached hydrogen (secondary N) is 1. The summed E-state index contributed by atoms with van der Waals surface area (Å²) < 4.78 is 0. The number of nitro benzene ring substituents is 1. The lowest BCUT2D eigenvalue weighted by atomic mass is 10.1. The number of rotatable bonds is 6. The third kappa shape index (κ3) is 4.24. The SMILES string of the molecule is O=C(CCc1ccccc1)N/N=C\c1cc([N+](=O)[O-])c(O)c2ncccc12. The molecule has 2 aromatic carbocycles. The summed E-state index contributed by atoms with van der Waals surface area (Å²) in [4.78, 5) is 26.3. The quantitative estimate of drug-likeness (QED) is 0.396. The highest BCUT2D eigenvalue weighted by Crippen LogP contribution is 2.34. The van der Waals surface area contributed by atoms with Crippen molar-refractivity contribution in [1.82, 2.24) is 10.4 Å². The lowest BCUT2D eigenvalue weighted by Gasteiger charge is -2.05. The standard InChI is InChI=1S/C19H16N4O4/c24-17(9-8-13-5-2-1-3-6-13)22-21-12-14-11-16(23(26)27)19(25)18-15(14)7-4-10-20-18/h1-7,10-12,25H,8-9H2,(H,22,24)/b21-12-. The molecule has 2 N–H and O–H groups in total. The van der Waals surface area contributed by atoms with Crippen molar-refractivity contribution in [3.05, 3.63) is 76.0 Å². The fourth-order valence-corrected chi connectivity index (χ4v) is 2.62. The Kier molecular flexibility index (Phi) is 5.36. The van der Waals surface area contributed by atoms with Crippen molar-refractivity contribution in [1.29, 1.82) is 0 Å². The number of aromatic nitrogens is 1. The van der Waals surface area contributed by atoms with Crippen molar-refractivity contribution < 1.29 is 14.8 Å². The van der Waals surface area contributed by atoms with Gasteiger partial charge >= 0.3 is 5.69 Å². The summed E-state index contributed by atoms with van der Waals surface area (Å²) in [6.07, 6.45) is 3.58. The van der Waals surface area contributed by atoms with Crippen molar-refractivity contribution in [2.24, 2.45) is 5.10 Å². The lowest BCUT2D eigenvalue weighted by molar-refractivity contribution is -0.385. The Labute approximate surface area is 154 Å². The van der Waals surface area contributed by atoms with Crippen LogP contribution >= 0.6 is 0 Å². The number of hydrazone groups is 1. The first-order valence-electron chi connectivity index (χ1n) is 8.17. The zero-order chi connectivity index (χ0) is 19.2. The number of pyridine rings is 1. The summed E-state index contributed by atoms with van der Waals surface area (Å²) in [5, 5.41) is 25.5. The van der Waals surface area contributed by atoms with E-state index in [9.17, 15) is 20.0 Å². The molecule has 0 radical (unpaired) electrons. The zero-order valence-electron chi connectivity index (χ0n) is 14.2. The molecule has 27 heavy (non-hydrogen) atoms. The number of nitrogens with zero attached hydrogens (tertiary/aromatic N) is 3. The van der Waals surface area contributed by atoms with Crippen LogP contribution in [-0.4, -0.2) is 27.1 Å². The molecular formula is C19H16N4O4. The first kappa shape index (κ1) is 18.0. The van der Waals surface area contributed by atoms with Gasteiger partial charge < -0.3 is 5.11 Å². The van der Waals surface area contributed by atoms with Crippen LogP contribution in [0, 0.1) is 10.1 Å². The number of amides is 1. The molecule has 1 heterocycles. The van der Waals surface area contributed by atoms with Gasteiger partial charge in [-0.3, -0.25) is 19.9 Å². The molecule has 0 aliphatic rings. The van der Waals surface area contributed by atoms with Gasteiger partial charge in [0.15, 0.2) is 0 Å². The number of carbonyl (C=O) groups excluding carboxylic acids is 1. The topological polar surface area (TPSA) is 118 Å². The smallest absolute Gasteiger partial charge is 0.313 e. The molecule has 0 aliphatic heterocycles. The van der Waals surface area contributed by atoms with E-state index in [1.165, 1.54) is 18.5 Å². The van der Waals surface area contributed by atoms with E-state index in [0.717, 1.165) is 5.56 Å². The molecule has 1 amide bonds. The van der Waals surface area contributed by atoms with Crippen molar-refractivity contribution in [2.75, 3.05) is 0 Å². The molecule has 1 aromatic heterocycles. The van der Waals surface area contributed by atoms with Gasteiger partial charge in [0.1, 0.15) is 5.52 Å². The van der Waals surface area contributed by atoms with Crippen LogP contribution in [0.2, 0.25) is 0 Å². The second-order valence-corrected chi connectivity index (χ2v) is 5.77. The minimum atomic E-state index is -0.695. The van der Waals surface area contributed by atoms with Crippen LogP contribution in [0.25, 0.3) is 10.9 Å². The number of phenols is 1. The van der Waals surface area contributed by atoms with Gasteiger partial charge in [0.2, 0.25) is 11.7 Å². The van der Waals surface area contributed by atoms with Crippen molar-refractivity contribution in [3.63, 3.8) is 0 Å². The predicted molar refractivity (Wildman–Crippen MR) is 101 cm³/mol. The first-order valence-corrected chi connectivity index (χ1v) is 8.17. The summed E-state index contributed by atoms with van der Waals surface area (Å²) in [5.41, 5.74) is 3.44. The van der Waals surface area contributed by atoms with Crippen molar-refractivity contribution in [3.8, 4) is 5.75 Å². The summed E-state index contributed by atoms with van der Waals surface area (Å²) in [7, 11) is 0. The van der Waals surface area contributed by atoms with Crippen LogP contribution in [0.15, 0.2) is 59.8 Å². The number of benzene rings is 2. The molecule has 0 unspecified atom stereocenters. The fraction of sp³-hybridized carbons (Fsp3) is 0.105. The number of fused-ring (bicyclic) bond motifs is 1. The molecule has 0 fully saturated rings. The summed E-state index contributed by atoms with van der Waals surface area (Å²) in [5.74, 6) is -0.773. The second-order valence-electron chi connectivity index (χ2n) is 5.77. The molecule has 0 saturated heterocycles. The van der Waals surface area contributed by atoms with E-state index >= 15 is 0 Å². The van der Waals surface area contributed by atoms with Gasteiger partial charge in [-0.15, -0.1) is 0 Å². The van der Waals surface area contributed by atoms with E-state index in [0.29, 0.717) is 17.4 Å². The Morgan fingerprint density at radius 1 is 1.26 bits per heavy atom. The van der Waals surface area contributed by atoms with E-state index in [1.807, 2.05) is 30.3 Å². The molecular weight excluding hydrogens is 348 g/mol. The van der Waals surface area contributed by atoms with Crippen LogP contribution in [-0.2, 0) is 11.2 Å². The Hall–Kier alpha value is -3.81. The summed E-state index contributed by atoms with van der Waals surface area (Å²) in [6, 6.07) is 14.1. The van der Waals surface area contributed by atoms with E-state index < -0.39 is 16.4 Å². The molecule has 3 aromatic rings.